The van der Waals surface area contributed by atoms with Crippen molar-refractivity contribution in [3.8, 4) is 0 Å². The Balaban J connectivity index is 1.53. The standard InChI is InChI=1S/C22H20N2O/c25-22(20-15-19(20)16-7-3-1-4-8-16)24-21(17-9-5-2-6-10-17)18-11-13-23-14-12-18/h1-14,19-21H,15H2,(H,24,25). The first-order valence-corrected chi connectivity index (χ1v) is 8.63. The highest BCUT2D eigenvalue weighted by atomic mass is 16.2. The molecule has 1 aliphatic rings. The van der Waals surface area contributed by atoms with Crippen LogP contribution in [0.4, 0.5) is 0 Å². The Morgan fingerprint density at radius 3 is 2.16 bits per heavy atom. The summed E-state index contributed by atoms with van der Waals surface area (Å²) in [6.45, 7) is 0. The molecule has 124 valence electrons. The Labute approximate surface area is 147 Å². The number of pyridine rings is 1. The molecule has 1 N–H and O–H groups in total. The predicted molar refractivity (Wildman–Crippen MR) is 98.0 cm³/mol. The van der Waals surface area contributed by atoms with Gasteiger partial charge in [-0.3, -0.25) is 9.78 Å². The average Bonchev–Trinajstić information content (AvgIpc) is 3.49. The number of carbonyl (C=O) groups is 1. The highest BCUT2D eigenvalue weighted by Gasteiger charge is 2.44. The van der Waals surface area contributed by atoms with Crippen LogP contribution in [0.15, 0.2) is 85.2 Å². The zero-order valence-corrected chi connectivity index (χ0v) is 13.9. The van der Waals surface area contributed by atoms with Gasteiger partial charge in [-0.15, -0.1) is 0 Å². The molecule has 3 heteroatoms. The maximum atomic E-state index is 12.8. The smallest absolute Gasteiger partial charge is 0.224 e. The van der Waals surface area contributed by atoms with Crippen LogP contribution in [0.5, 0.6) is 0 Å². The molecule has 0 saturated heterocycles. The molecule has 3 atom stereocenters. The first-order valence-electron chi connectivity index (χ1n) is 8.63. The summed E-state index contributed by atoms with van der Waals surface area (Å²) in [6.07, 6.45) is 4.45. The van der Waals surface area contributed by atoms with E-state index < -0.39 is 0 Å². The third-order valence-electron chi connectivity index (χ3n) is 4.81. The van der Waals surface area contributed by atoms with Crippen LogP contribution in [0.2, 0.25) is 0 Å². The SMILES string of the molecule is O=C(NC(c1ccccc1)c1ccncc1)C1CC1c1ccccc1. The van der Waals surface area contributed by atoms with Crippen molar-refractivity contribution in [1.29, 1.82) is 0 Å². The lowest BCUT2D eigenvalue weighted by atomic mass is 9.99. The van der Waals surface area contributed by atoms with Crippen LogP contribution in [-0.4, -0.2) is 10.9 Å². The normalized spacial score (nSPS) is 19.8. The van der Waals surface area contributed by atoms with Crippen LogP contribution in [0, 0.1) is 5.92 Å². The van der Waals surface area contributed by atoms with E-state index in [1.54, 1.807) is 12.4 Å². The summed E-state index contributed by atoms with van der Waals surface area (Å²) >= 11 is 0. The van der Waals surface area contributed by atoms with E-state index in [1.807, 2.05) is 60.7 Å². The van der Waals surface area contributed by atoms with Crippen molar-refractivity contribution < 1.29 is 4.79 Å². The molecule has 3 nitrogen and oxygen atoms in total. The second kappa shape index (κ2) is 6.89. The monoisotopic (exact) mass is 328 g/mol. The summed E-state index contributed by atoms with van der Waals surface area (Å²) in [4.78, 5) is 16.9. The average molecular weight is 328 g/mol. The molecule has 1 aromatic heterocycles. The molecule has 1 aliphatic carbocycles. The molecule has 1 heterocycles. The number of nitrogens with one attached hydrogen (secondary N) is 1. The van der Waals surface area contributed by atoms with Gasteiger partial charge in [-0.05, 0) is 41.2 Å². The molecule has 2 aromatic carbocycles. The van der Waals surface area contributed by atoms with Crippen LogP contribution in [0.3, 0.4) is 0 Å². The Morgan fingerprint density at radius 1 is 0.880 bits per heavy atom. The minimum absolute atomic E-state index is 0.0652. The maximum Gasteiger partial charge on any atom is 0.224 e. The summed E-state index contributed by atoms with van der Waals surface area (Å²) < 4.78 is 0. The Bertz CT molecular complexity index is 794. The molecule has 0 radical (unpaired) electrons. The van der Waals surface area contributed by atoms with Crippen molar-refractivity contribution in [2.75, 3.05) is 0 Å². The van der Waals surface area contributed by atoms with E-state index in [9.17, 15) is 4.79 Å². The largest absolute Gasteiger partial charge is 0.345 e. The highest BCUT2D eigenvalue weighted by Crippen LogP contribution is 2.47. The summed E-state index contributed by atoms with van der Waals surface area (Å²) in [5.74, 6) is 0.532. The minimum Gasteiger partial charge on any atom is -0.345 e. The molecule has 0 bridgehead atoms. The number of benzene rings is 2. The third-order valence-corrected chi connectivity index (χ3v) is 4.81. The molecule has 1 amide bonds. The highest BCUT2D eigenvalue weighted by molar-refractivity contribution is 5.83. The lowest BCUT2D eigenvalue weighted by Crippen LogP contribution is -2.30. The number of nitrogens with zero attached hydrogens (tertiary/aromatic N) is 1. The molecular weight excluding hydrogens is 308 g/mol. The number of carbonyl (C=O) groups excluding carboxylic acids is 1. The van der Waals surface area contributed by atoms with E-state index in [2.05, 4.69) is 22.4 Å². The van der Waals surface area contributed by atoms with Gasteiger partial charge in [0, 0.05) is 18.3 Å². The van der Waals surface area contributed by atoms with Crippen molar-refractivity contribution in [3.63, 3.8) is 0 Å². The number of aromatic nitrogens is 1. The van der Waals surface area contributed by atoms with Gasteiger partial charge in [-0.25, -0.2) is 0 Å². The number of rotatable bonds is 5. The summed E-state index contributed by atoms with van der Waals surface area (Å²) in [6, 6.07) is 24.1. The van der Waals surface area contributed by atoms with Crippen LogP contribution in [0.1, 0.15) is 35.1 Å². The van der Waals surface area contributed by atoms with E-state index in [0.717, 1.165) is 17.5 Å². The van der Waals surface area contributed by atoms with Crippen LogP contribution >= 0.6 is 0 Å². The van der Waals surface area contributed by atoms with Gasteiger partial charge >= 0.3 is 0 Å². The fraction of sp³-hybridized carbons (Fsp3) is 0.182. The van der Waals surface area contributed by atoms with Crippen molar-refractivity contribution in [3.05, 3.63) is 102 Å². The van der Waals surface area contributed by atoms with Gasteiger partial charge in [0.15, 0.2) is 0 Å². The minimum atomic E-state index is -0.145. The zero-order valence-electron chi connectivity index (χ0n) is 13.9. The van der Waals surface area contributed by atoms with Crippen molar-refractivity contribution >= 4 is 5.91 Å². The summed E-state index contributed by atoms with van der Waals surface area (Å²) in [5, 5.41) is 3.24. The summed E-state index contributed by atoms with van der Waals surface area (Å²) in [7, 11) is 0. The topological polar surface area (TPSA) is 42.0 Å². The van der Waals surface area contributed by atoms with Gasteiger partial charge < -0.3 is 5.32 Å². The Kier molecular flexibility index (Phi) is 4.30. The van der Waals surface area contributed by atoms with Gasteiger partial charge in [0.1, 0.15) is 0 Å². The van der Waals surface area contributed by atoms with Crippen molar-refractivity contribution in [2.45, 2.75) is 18.4 Å². The molecule has 1 fully saturated rings. The number of amides is 1. The van der Waals surface area contributed by atoms with Gasteiger partial charge in [0.25, 0.3) is 0 Å². The predicted octanol–water partition coefficient (Wildman–Crippen LogP) is 4.09. The van der Waals surface area contributed by atoms with Gasteiger partial charge in [-0.2, -0.15) is 0 Å². The Hall–Kier alpha value is -2.94. The molecule has 3 aromatic rings. The molecule has 4 rings (SSSR count). The van der Waals surface area contributed by atoms with E-state index in [4.69, 9.17) is 0 Å². The van der Waals surface area contributed by atoms with E-state index >= 15 is 0 Å². The fourth-order valence-electron chi connectivity index (χ4n) is 3.36. The summed E-state index contributed by atoms with van der Waals surface area (Å²) in [5.41, 5.74) is 3.38. The molecule has 3 unspecified atom stereocenters. The lowest BCUT2D eigenvalue weighted by molar-refractivity contribution is -0.122. The lowest BCUT2D eigenvalue weighted by Gasteiger charge is -2.20. The zero-order chi connectivity index (χ0) is 17.1. The van der Waals surface area contributed by atoms with Gasteiger partial charge in [0.2, 0.25) is 5.91 Å². The maximum absolute atomic E-state index is 12.8. The third kappa shape index (κ3) is 3.45. The fourth-order valence-corrected chi connectivity index (χ4v) is 3.36. The van der Waals surface area contributed by atoms with E-state index in [-0.39, 0.29) is 17.9 Å². The molecule has 0 aliphatic heterocycles. The second-order valence-electron chi connectivity index (χ2n) is 6.49. The molecule has 25 heavy (non-hydrogen) atoms. The Morgan fingerprint density at radius 2 is 1.48 bits per heavy atom. The first-order chi connectivity index (χ1) is 12.3. The van der Waals surface area contributed by atoms with Crippen molar-refractivity contribution in [2.24, 2.45) is 5.92 Å². The van der Waals surface area contributed by atoms with Crippen LogP contribution < -0.4 is 5.32 Å². The van der Waals surface area contributed by atoms with Crippen LogP contribution in [0.25, 0.3) is 0 Å². The molecule has 0 spiro atoms. The number of hydrogen-bond donors (Lipinski definition) is 1. The van der Waals surface area contributed by atoms with Crippen molar-refractivity contribution in [1.82, 2.24) is 10.3 Å². The second-order valence-corrected chi connectivity index (χ2v) is 6.49. The van der Waals surface area contributed by atoms with Gasteiger partial charge in [-0.1, -0.05) is 60.7 Å². The van der Waals surface area contributed by atoms with E-state index in [1.165, 1.54) is 5.56 Å². The van der Waals surface area contributed by atoms with Gasteiger partial charge in [0.05, 0.1) is 6.04 Å². The quantitative estimate of drug-likeness (QED) is 0.766. The molecular formula is C22H20N2O. The first kappa shape index (κ1) is 15.6. The number of hydrogen-bond acceptors (Lipinski definition) is 2. The molecule has 1 saturated carbocycles. The van der Waals surface area contributed by atoms with Crippen LogP contribution in [-0.2, 0) is 4.79 Å². The van der Waals surface area contributed by atoms with E-state index in [0.29, 0.717) is 5.92 Å².